The van der Waals surface area contributed by atoms with Crippen LogP contribution in [-0.2, 0) is 9.59 Å². The molecule has 2 N–H and O–H groups in total. The molecule has 3 heterocycles. The van der Waals surface area contributed by atoms with Gasteiger partial charge in [0.05, 0.1) is 5.69 Å². The van der Waals surface area contributed by atoms with Crippen molar-refractivity contribution >= 4 is 11.8 Å². The molecule has 206 valence electrons. The van der Waals surface area contributed by atoms with Crippen LogP contribution < -0.4 is 5.32 Å². The molecule has 0 radical (unpaired) electrons. The lowest BCUT2D eigenvalue weighted by Crippen LogP contribution is -2.73. The summed E-state index contributed by atoms with van der Waals surface area (Å²) >= 11 is 0. The van der Waals surface area contributed by atoms with Crippen LogP contribution in [0.1, 0.15) is 120 Å². The molecule has 2 amide bonds. The molecular formula is C30H49N5O2. The molecule has 7 nitrogen and oxygen atoms in total. The molecule has 0 bridgehead atoms. The molecule has 2 aliphatic heterocycles. The molecule has 7 heteroatoms. The quantitative estimate of drug-likeness (QED) is 0.503. The predicted octanol–water partition coefficient (Wildman–Crippen LogP) is 5.19. The Morgan fingerprint density at radius 3 is 2.30 bits per heavy atom. The molecule has 2 saturated carbocycles. The lowest BCUT2D eigenvalue weighted by Gasteiger charge is -2.53. The molecule has 1 aromatic rings. The van der Waals surface area contributed by atoms with E-state index in [0.717, 1.165) is 50.9 Å². The number of aromatic amines is 1. The van der Waals surface area contributed by atoms with Crippen LogP contribution in [0.25, 0.3) is 0 Å². The lowest BCUT2D eigenvalue weighted by atomic mass is 9.78. The largest absolute Gasteiger partial charge is 0.342 e. The molecular weight excluding hydrogens is 462 g/mol. The zero-order chi connectivity index (χ0) is 26.0. The van der Waals surface area contributed by atoms with E-state index in [4.69, 9.17) is 0 Å². The summed E-state index contributed by atoms with van der Waals surface area (Å²) in [5.74, 6) is 1.50. The highest BCUT2D eigenvalue weighted by atomic mass is 16.2. The number of carbonyl (C=O) groups is 2. The number of unbranched alkanes of at least 4 members (excludes halogenated alkanes) is 1. The summed E-state index contributed by atoms with van der Waals surface area (Å²) in [7, 11) is 0. The first-order chi connectivity index (χ1) is 17.9. The Kier molecular flexibility index (Phi) is 8.28. The first-order valence-electron chi connectivity index (χ1n) is 15.3. The summed E-state index contributed by atoms with van der Waals surface area (Å²) < 4.78 is 0. The maximum atomic E-state index is 13.9. The molecule has 2 aliphatic carbocycles. The number of piperidine rings is 1. The van der Waals surface area contributed by atoms with Crippen molar-refractivity contribution in [3.8, 4) is 0 Å². The van der Waals surface area contributed by atoms with Crippen molar-refractivity contribution in [1.29, 1.82) is 0 Å². The summed E-state index contributed by atoms with van der Waals surface area (Å²) in [6, 6.07) is 0.0164. The van der Waals surface area contributed by atoms with Crippen molar-refractivity contribution in [2.24, 2.45) is 11.8 Å². The summed E-state index contributed by atoms with van der Waals surface area (Å²) in [6.07, 6.45) is 15.6. The maximum absolute atomic E-state index is 13.9. The number of aromatic nitrogens is 2. The van der Waals surface area contributed by atoms with Crippen LogP contribution in [0.2, 0.25) is 0 Å². The molecule has 4 fully saturated rings. The van der Waals surface area contributed by atoms with Crippen LogP contribution in [-0.4, -0.2) is 63.0 Å². The van der Waals surface area contributed by atoms with E-state index in [2.05, 4.69) is 41.2 Å². The topological polar surface area (TPSA) is 81.3 Å². The van der Waals surface area contributed by atoms with Gasteiger partial charge in [0, 0.05) is 36.9 Å². The molecule has 1 unspecified atom stereocenters. The minimum absolute atomic E-state index is 0.108. The van der Waals surface area contributed by atoms with E-state index >= 15 is 0 Å². The molecule has 2 saturated heterocycles. The number of rotatable bonds is 8. The Balaban J connectivity index is 1.35. The third-order valence-corrected chi connectivity index (χ3v) is 10.2. The van der Waals surface area contributed by atoms with Crippen LogP contribution in [0, 0.1) is 25.7 Å². The average Bonchev–Trinajstić information content (AvgIpc) is 3.55. The van der Waals surface area contributed by atoms with Gasteiger partial charge in [-0.1, -0.05) is 58.3 Å². The number of likely N-dealkylation sites (tertiary alicyclic amines) is 1. The number of hydrogen-bond acceptors (Lipinski definition) is 4. The lowest BCUT2D eigenvalue weighted by molar-refractivity contribution is -0.162. The van der Waals surface area contributed by atoms with Crippen LogP contribution >= 0.6 is 0 Å². The van der Waals surface area contributed by atoms with Gasteiger partial charge in [-0.05, 0) is 64.2 Å². The zero-order valence-electron chi connectivity index (χ0n) is 23.5. The summed E-state index contributed by atoms with van der Waals surface area (Å²) in [6.45, 7) is 8.85. The van der Waals surface area contributed by atoms with E-state index in [0.29, 0.717) is 24.4 Å². The van der Waals surface area contributed by atoms with E-state index in [1.54, 1.807) is 0 Å². The molecule has 0 aromatic carbocycles. The van der Waals surface area contributed by atoms with Crippen LogP contribution in [0.3, 0.4) is 0 Å². The summed E-state index contributed by atoms with van der Waals surface area (Å²) in [5.41, 5.74) is 2.96. The Bertz CT molecular complexity index is 918. The van der Waals surface area contributed by atoms with Gasteiger partial charge in [0.1, 0.15) is 11.6 Å². The number of amides is 2. The van der Waals surface area contributed by atoms with Gasteiger partial charge in [0.2, 0.25) is 11.8 Å². The minimum Gasteiger partial charge on any atom is -0.342 e. The highest BCUT2D eigenvalue weighted by Gasteiger charge is 2.54. The highest BCUT2D eigenvalue weighted by molar-refractivity contribution is 6.00. The number of nitrogens with one attached hydrogen (secondary N) is 2. The van der Waals surface area contributed by atoms with E-state index in [1.165, 1.54) is 69.0 Å². The first-order valence-corrected chi connectivity index (χ1v) is 15.3. The Hall–Kier alpha value is -1.89. The number of aryl methyl sites for hydroxylation is 2. The van der Waals surface area contributed by atoms with Crippen molar-refractivity contribution in [3.63, 3.8) is 0 Å². The summed E-state index contributed by atoms with van der Waals surface area (Å²) in [4.78, 5) is 32.4. The molecule has 4 aliphatic rings. The van der Waals surface area contributed by atoms with E-state index in [9.17, 15) is 9.59 Å². The molecule has 2 atom stereocenters. The van der Waals surface area contributed by atoms with Crippen molar-refractivity contribution in [2.75, 3.05) is 19.6 Å². The monoisotopic (exact) mass is 511 g/mol. The second kappa shape index (κ2) is 11.5. The fourth-order valence-electron chi connectivity index (χ4n) is 8.09. The summed E-state index contributed by atoms with van der Waals surface area (Å²) in [5, 5.41) is 11.0. The standard InChI is InChI=1S/C30H49N5O2/c1-4-5-17-35-28(36)25(20-23-11-7-6-8-12-23)31-29(37)30(35)15-18-34(19-16-30)27(24-13-9-10-14-24)26-21(2)32-33-22(26)3/h23-25,27H,4-20H2,1-3H3,(H,31,37)(H,32,33)/t25-,27?/m0/s1. The number of piperazine rings is 1. The second-order valence-corrected chi connectivity index (χ2v) is 12.5. The third-order valence-electron chi connectivity index (χ3n) is 10.2. The van der Waals surface area contributed by atoms with Crippen molar-refractivity contribution in [3.05, 3.63) is 17.0 Å². The Morgan fingerprint density at radius 2 is 1.68 bits per heavy atom. The average molecular weight is 512 g/mol. The third kappa shape index (κ3) is 5.22. The van der Waals surface area contributed by atoms with Gasteiger partial charge < -0.3 is 10.2 Å². The molecule has 1 aromatic heterocycles. The van der Waals surface area contributed by atoms with Gasteiger partial charge in [-0.25, -0.2) is 0 Å². The van der Waals surface area contributed by atoms with E-state index in [-0.39, 0.29) is 17.9 Å². The van der Waals surface area contributed by atoms with Crippen molar-refractivity contribution < 1.29 is 9.59 Å². The first kappa shape index (κ1) is 26.7. The number of hydrogen-bond donors (Lipinski definition) is 2. The van der Waals surface area contributed by atoms with Gasteiger partial charge in [-0.15, -0.1) is 0 Å². The van der Waals surface area contributed by atoms with Crippen molar-refractivity contribution in [2.45, 2.75) is 128 Å². The number of nitrogens with zero attached hydrogens (tertiary/aromatic N) is 3. The SMILES string of the molecule is CCCCN1C(=O)[C@H](CC2CCCCC2)NC(=O)C12CCN(C(c1c(C)n[nH]c1C)C1CCCC1)CC2. The normalized spacial score (nSPS) is 26.7. The molecule has 37 heavy (non-hydrogen) atoms. The predicted molar refractivity (Wildman–Crippen MR) is 146 cm³/mol. The highest BCUT2D eigenvalue weighted by Crippen LogP contribution is 2.44. The Labute approximate surface area is 223 Å². The fourth-order valence-corrected chi connectivity index (χ4v) is 8.09. The van der Waals surface area contributed by atoms with Gasteiger partial charge in [-0.3, -0.25) is 19.6 Å². The molecule has 5 rings (SSSR count). The van der Waals surface area contributed by atoms with Crippen LogP contribution in [0.4, 0.5) is 0 Å². The van der Waals surface area contributed by atoms with Gasteiger partial charge in [-0.2, -0.15) is 5.10 Å². The molecule has 1 spiro atoms. The van der Waals surface area contributed by atoms with E-state index in [1.807, 2.05) is 4.90 Å². The minimum atomic E-state index is -0.688. The van der Waals surface area contributed by atoms with Gasteiger partial charge >= 0.3 is 0 Å². The van der Waals surface area contributed by atoms with Crippen LogP contribution in [0.15, 0.2) is 0 Å². The van der Waals surface area contributed by atoms with Crippen LogP contribution in [0.5, 0.6) is 0 Å². The maximum Gasteiger partial charge on any atom is 0.246 e. The number of H-pyrrole nitrogens is 1. The van der Waals surface area contributed by atoms with Gasteiger partial charge in [0.15, 0.2) is 0 Å². The second-order valence-electron chi connectivity index (χ2n) is 12.5. The Morgan fingerprint density at radius 1 is 1.00 bits per heavy atom. The van der Waals surface area contributed by atoms with E-state index < -0.39 is 5.54 Å². The van der Waals surface area contributed by atoms with Crippen molar-refractivity contribution in [1.82, 2.24) is 25.3 Å². The fraction of sp³-hybridized carbons (Fsp3) is 0.833. The smallest absolute Gasteiger partial charge is 0.246 e. The van der Waals surface area contributed by atoms with Gasteiger partial charge in [0.25, 0.3) is 0 Å². The number of carbonyl (C=O) groups excluding carboxylic acids is 2. The zero-order valence-corrected chi connectivity index (χ0v) is 23.5.